The highest BCUT2D eigenvalue weighted by Crippen LogP contribution is 2.20. The number of nitrogens with zero attached hydrogens (tertiary/aromatic N) is 2. The smallest absolute Gasteiger partial charge is 0.252 e. The second-order valence-corrected chi connectivity index (χ2v) is 4.99. The molecule has 0 saturated carbocycles. The van der Waals surface area contributed by atoms with Crippen molar-refractivity contribution in [1.29, 1.82) is 0 Å². The summed E-state index contributed by atoms with van der Waals surface area (Å²) in [6.07, 6.45) is 0. The summed E-state index contributed by atoms with van der Waals surface area (Å²) in [5.74, 6) is -1.07. The Bertz CT molecular complexity index is 847. The SMILES string of the molecule is NC(=O)C(NC(=O)c1ccccc1)c1nnc(-c2ccccc2)o1. The van der Waals surface area contributed by atoms with E-state index < -0.39 is 17.9 Å². The molecule has 1 atom stereocenters. The van der Waals surface area contributed by atoms with Gasteiger partial charge in [0.1, 0.15) is 0 Å². The molecule has 7 nitrogen and oxygen atoms in total. The number of hydrogen-bond acceptors (Lipinski definition) is 5. The highest BCUT2D eigenvalue weighted by Gasteiger charge is 2.27. The van der Waals surface area contributed by atoms with Gasteiger partial charge in [-0.05, 0) is 24.3 Å². The van der Waals surface area contributed by atoms with Crippen LogP contribution in [0.15, 0.2) is 65.1 Å². The minimum Gasteiger partial charge on any atom is -0.418 e. The van der Waals surface area contributed by atoms with Crippen LogP contribution in [0.1, 0.15) is 22.3 Å². The average molecular weight is 322 g/mol. The molecule has 0 aliphatic heterocycles. The van der Waals surface area contributed by atoms with E-state index in [2.05, 4.69) is 15.5 Å². The standard InChI is InChI=1S/C17H14N4O3/c18-14(22)13(19-15(23)11-7-3-1-4-8-11)17-21-20-16(24-17)12-9-5-2-6-10-12/h1-10,13H,(H2,18,22)(H,19,23). The fourth-order valence-corrected chi connectivity index (χ4v) is 2.11. The van der Waals surface area contributed by atoms with E-state index in [1.165, 1.54) is 0 Å². The first kappa shape index (κ1) is 15.4. The third-order valence-electron chi connectivity index (χ3n) is 3.30. The van der Waals surface area contributed by atoms with E-state index in [4.69, 9.17) is 10.2 Å². The van der Waals surface area contributed by atoms with Crippen LogP contribution in [0.2, 0.25) is 0 Å². The lowest BCUT2D eigenvalue weighted by Crippen LogP contribution is -2.37. The van der Waals surface area contributed by atoms with Crippen LogP contribution >= 0.6 is 0 Å². The van der Waals surface area contributed by atoms with Crippen molar-refractivity contribution >= 4 is 11.8 Å². The van der Waals surface area contributed by atoms with Gasteiger partial charge in [0, 0.05) is 11.1 Å². The number of benzene rings is 2. The van der Waals surface area contributed by atoms with E-state index in [1.54, 1.807) is 42.5 Å². The first-order chi connectivity index (χ1) is 11.6. The Kier molecular flexibility index (Phi) is 4.33. The number of nitrogens with two attached hydrogens (primary N) is 1. The number of amides is 2. The number of hydrogen-bond donors (Lipinski definition) is 2. The van der Waals surface area contributed by atoms with Crippen LogP contribution in [-0.2, 0) is 4.79 Å². The number of carbonyl (C=O) groups excluding carboxylic acids is 2. The van der Waals surface area contributed by atoms with Gasteiger partial charge in [-0.3, -0.25) is 9.59 Å². The lowest BCUT2D eigenvalue weighted by atomic mass is 10.2. The number of nitrogens with one attached hydrogen (secondary N) is 1. The van der Waals surface area contributed by atoms with Crippen molar-refractivity contribution < 1.29 is 14.0 Å². The molecule has 0 saturated heterocycles. The van der Waals surface area contributed by atoms with Gasteiger partial charge in [0.2, 0.25) is 17.7 Å². The lowest BCUT2D eigenvalue weighted by molar-refractivity contribution is -0.120. The molecule has 0 bridgehead atoms. The second-order valence-electron chi connectivity index (χ2n) is 4.99. The molecular formula is C17H14N4O3. The number of carbonyl (C=O) groups is 2. The molecule has 7 heteroatoms. The average Bonchev–Trinajstić information content (AvgIpc) is 3.10. The van der Waals surface area contributed by atoms with E-state index in [1.807, 2.05) is 18.2 Å². The van der Waals surface area contributed by atoms with Crippen molar-refractivity contribution in [3.05, 3.63) is 72.1 Å². The number of rotatable bonds is 5. The van der Waals surface area contributed by atoms with E-state index in [-0.39, 0.29) is 11.8 Å². The van der Waals surface area contributed by atoms with Gasteiger partial charge < -0.3 is 15.5 Å². The molecule has 120 valence electrons. The molecule has 3 aromatic rings. The summed E-state index contributed by atoms with van der Waals surface area (Å²) in [6, 6.07) is 16.3. The predicted molar refractivity (Wildman–Crippen MR) is 85.6 cm³/mol. The Labute approximate surface area is 137 Å². The highest BCUT2D eigenvalue weighted by molar-refractivity contribution is 5.97. The maximum atomic E-state index is 12.2. The van der Waals surface area contributed by atoms with Crippen LogP contribution in [0.5, 0.6) is 0 Å². The maximum absolute atomic E-state index is 12.2. The molecule has 2 amide bonds. The molecule has 0 fully saturated rings. The highest BCUT2D eigenvalue weighted by atomic mass is 16.4. The van der Waals surface area contributed by atoms with Gasteiger partial charge >= 0.3 is 0 Å². The third-order valence-corrected chi connectivity index (χ3v) is 3.30. The van der Waals surface area contributed by atoms with Crippen molar-refractivity contribution in [1.82, 2.24) is 15.5 Å². The van der Waals surface area contributed by atoms with Gasteiger partial charge in [0.15, 0.2) is 6.04 Å². The van der Waals surface area contributed by atoms with Crippen molar-refractivity contribution in [2.45, 2.75) is 6.04 Å². The van der Waals surface area contributed by atoms with Crippen LogP contribution in [0, 0.1) is 0 Å². The van der Waals surface area contributed by atoms with E-state index in [9.17, 15) is 9.59 Å². The zero-order chi connectivity index (χ0) is 16.9. The molecule has 0 aliphatic carbocycles. The van der Waals surface area contributed by atoms with Gasteiger partial charge in [0.05, 0.1) is 0 Å². The van der Waals surface area contributed by atoms with Crippen LogP contribution in [0.3, 0.4) is 0 Å². The normalized spacial score (nSPS) is 11.7. The van der Waals surface area contributed by atoms with Crippen LogP contribution in [0.25, 0.3) is 11.5 Å². The zero-order valence-electron chi connectivity index (χ0n) is 12.5. The van der Waals surface area contributed by atoms with Gasteiger partial charge in [-0.25, -0.2) is 0 Å². The number of primary amides is 1. The lowest BCUT2D eigenvalue weighted by Gasteiger charge is -2.11. The fraction of sp³-hybridized carbons (Fsp3) is 0.0588. The second kappa shape index (κ2) is 6.74. The van der Waals surface area contributed by atoms with E-state index >= 15 is 0 Å². The van der Waals surface area contributed by atoms with Crippen LogP contribution in [0.4, 0.5) is 0 Å². The van der Waals surface area contributed by atoms with Gasteiger partial charge in [-0.1, -0.05) is 36.4 Å². The maximum Gasteiger partial charge on any atom is 0.252 e. The Morgan fingerprint density at radius 1 is 0.958 bits per heavy atom. The van der Waals surface area contributed by atoms with E-state index in [0.717, 1.165) is 0 Å². The Morgan fingerprint density at radius 3 is 2.21 bits per heavy atom. The topological polar surface area (TPSA) is 111 Å². The van der Waals surface area contributed by atoms with Crippen molar-refractivity contribution in [3.8, 4) is 11.5 Å². The minimum absolute atomic E-state index is 0.0642. The summed E-state index contributed by atoms with van der Waals surface area (Å²) < 4.78 is 5.49. The first-order valence-electron chi connectivity index (χ1n) is 7.19. The Balaban J connectivity index is 1.83. The minimum atomic E-state index is -1.21. The third kappa shape index (κ3) is 3.30. The van der Waals surface area contributed by atoms with Crippen molar-refractivity contribution in [2.75, 3.05) is 0 Å². The molecule has 1 unspecified atom stereocenters. The molecule has 1 aromatic heterocycles. The van der Waals surface area contributed by atoms with Gasteiger partial charge in [-0.15, -0.1) is 10.2 Å². The van der Waals surface area contributed by atoms with E-state index in [0.29, 0.717) is 11.1 Å². The summed E-state index contributed by atoms with van der Waals surface area (Å²) in [5.41, 5.74) is 6.46. The van der Waals surface area contributed by atoms with Crippen LogP contribution < -0.4 is 11.1 Å². The molecule has 3 rings (SSSR count). The molecule has 2 aromatic carbocycles. The quantitative estimate of drug-likeness (QED) is 0.742. The van der Waals surface area contributed by atoms with Crippen molar-refractivity contribution in [3.63, 3.8) is 0 Å². The Morgan fingerprint density at radius 2 is 1.58 bits per heavy atom. The summed E-state index contributed by atoms with van der Waals surface area (Å²) in [4.78, 5) is 23.9. The van der Waals surface area contributed by atoms with Crippen LogP contribution in [-0.4, -0.2) is 22.0 Å². The summed E-state index contributed by atoms with van der Waals surface area (Å²) in [6.45, 7) is 0. The molecule has 3 N–H and O–H groups in total. The zero-order valence-corrected chi connectivity index (χ0v) is 12.5. The predicted octanol–water partition coefficient (Wildman–Crippen LogP) is 1.69. The largest absolute Gasteiger partial charge is 0.418 e. The summed E-state index contributed by atoms with van der Waals surface area (Å²) >= 11 is 0. The fourth-order valence-electron chi connectivity index (χ4n) is 2.11. The van der Waals surface area contributed by atoms with Gasteiger partial charge in [0.25, 0.3) is 5.91 Å². The summed E-state index contributed by atoms with van der Waals surface area (Å²) in [5, 5.41) is 10.2. The molecule has 0 aliphatic rings. The first-order valence-corrected chi connectivity index (χ1v) is 7.19. The molecule has 1 heterocycles. The molecule has 0 spiro atoms. The Hall–Kier alpha value is -3.48. The molecule has 0 radical (unpaired) electrons. The summed E-state index contributed by atoms with van der Waals surface area (Å²) in [7, 11) is 0. The monoisotopic (exact) mass is 322 g/mol. The van der Waals surface area contributed by atoms with Gasteiger partial charge in [-0.2, -0.15) is 0 Å². The molecular weight excluding hydrogens is 308 g/mol. The van der Waals surface area contributed by atoms with Crippen molar-refractivity contribution in [2.24, 2.45) is 5.73 Å². The molecule has 24 heavy (non-hydrogen) atoms. The number of aromatic nitrogens is 2.